The van der Waals surface area contributed by atoms with Gasteiger partial charge in [-0.25, -0.2) is 4.98 Å². The quantitative estimate of drug-likeness (QED) is 0.864. The Bertz CT molecular complexity index is 481. The molecule has 0 saturated heterocycles. The van der Waals surface area contributed by atoms with Gasteiger partial charge in [0.05, 0.1) is 0 Å². The lowest BCUT2D eigenvalue weighted by molar-refractivity contribution is -0.116. The molecule has 2 rings (SSSR count). The number of hydrogen-bond acceptors (Lipinski definition) is 3. The maximum atomic E-state index is 11.6. The molecule has 0 aromatic carbocycles. The summed E-state index contributed by atoms with van der Waals surface area (Å²) in [5, 5.41) is 6.76. The lowest BCUT2D eigenvalue weighted by Crippen LogP contribution is -2.15. The third kappa shape index (κ3) is 3.81. The summed E-state index contributed by atoms with van der Waals surface area (Å²) in [6.45, 7) is 0.573. The van der Waals surface area contributed by atoms with Crippen molar-refractivity contribution >= 4 is 34.3 Å². The van der Waals surface area contributed by atoms with Crippen molar-refractivity contribution in [1.29, 1.82) is 0 Å². The van der Waals surface area contributed by atoms with Gasteiger partial charge in [0.25, 0.3) is 0 Å². The molecule has 0 spiro atoms. The molecule has 2 heterocycles. The summed E-state index contributed by atoms with van der Waals surface area (Å²) in [5.41, 5.74) is 0. The Labute approximate surface area is 112 Å². The van der Waals surface area contributed by atoms with Crippen molar-refractivity contribution in [3.8, 4) is 0 Å². The van der Waals surface area contributed by atoms with Crippen molar-refractivity contribution < 1.29 is 4.79 Å². The monoisotopic (exact) mass is 342 g/mol. The lowest BCUT2D eigenvalue weighted by atomic mass is 10.4. The topological polar surface area (TPSA) is 59.8 Å². The Morgan fingerprint density at radius 3 is 3.00 bits per heavy atom. The maximum Gasteiger partial charge on any atom is 0.227 e. The standard InChI is InChI=1S/C11H11IN4O/c12-9-2-3-10(13-8-9)15-11(17)4-7-16-6-1-5-14-16/h1-3,5-6,8H,4,7H2,(H,13,15,17). The molecule has 17 heavy (non-hydrogen) atoms. The van der Waals surface area contributed by atoms with Crippen LogP contribution >= 0.6 is 22.6 Å². The average Bonchev–Trinajstić information content (AvgIpc) is 2.83. The number of aryl methyl sites for hydroxylation is 1. The molecule has 5 nitrogen and oxygen atoms in total. The molecule has 0 fully saturated rings. The molecular formula is C11H11IN4O. The number of halogens is 1. The number of rotatable bonds is 4. The van der Waals surface area contributed by atoms with Gasteiger partial charge in [-0.2, -0.15) is 5.10 Å². The summed E-state index contributed by atoms with van der Waals surface area (Å²) in [5.74, 6) is 0.519. The van der Waals surface area contributed by atoms with Crippen LogP contribution in [0.25, 0.3) is 0 Å². The summed E-state index contributed by atoms with van der Waals surface area (Å²) >= 11 is 2.17. The summed E-state index contributed by atoms with van der Waals surface area (Å²) < 4.78 is 2.76. The highest BCUT2D eigenvalue weighted by Gasteiger charge is 2.03. The fourth-order valence-corrected chi connectivity index (χ4v) is 1.62. The van der Waals surface area contributed by atoms with Crippen LogP contribution in [0.5, 0.6) is 0 Å². The van der Waals surface area contributed by atoms with Crippen molar-refractivity contribution in [2.75, 3.05) is 5.32 Å². The Hall–Kier alpha value is -1.44. The zero-order chi connectivity index (χ0) is 12.1. The van der Waals surface area contributed by atoms with Crippen molar-refractivity contribution in [3.05, 3.63) is 40.4 Å². The molecule has 0 saturated carbocycles. The van der Waals surface area contributed by atoms with E-state index in [1.54, 1.807) is 23.1 Å². The summed E-state index contributed by atoms with van der Waals surface area (Å²) in [6.07, 6.45) is 5.62. The number of pyridine rings is 1. The van der Waals surface area contributed by atoms with Gasteiger partial charge in [-0.3, -0.25) is 9.48 Å². The molecule has 88 valence electrons. The number of aromatic nitrogens is 3. The molecule has 6 heteroatoms. The van der Waals surface area contributed by atoms with Crippen LogP contribution in [0.4, 0.5) is 5.82 Å². The van der Waals surface area contributed by atoms with E-state index < -0.39 is 0 Å². The lowest BCUT2D eigenvalue weighted by Gasteiger charge is -2.04. The summed E-state index contributed by atoms with van der Waals surface area (Å²) in [7, 11) is 0. The molecule has 1 N–H and O–H groups in total. The van der Waals surface area contributed by atoms with E-state index in [1.165, 1.54) is 0 Å². The number of nitrogens with zero attached hydrogens (tertiary/aromatic N) is 3. The first-order chi connectivity index (χ1) is 8.24. The molecular weight excluding hydrogens is 331 g/mol. The highest BCUT2D eigenvalue weighted by molar-refractivity contribution is 14.1. The van der Waals surface area contributed by atoms with Crippen LogP contribution in [-0.2, 0) is 11.3 Å². The second kappa shape index (κ2) is 5.76. The van der Waals surface area contributed by atoms with Crippen LogP contribution in [0.15, 0.2) is 36.8 Å². The predicted octanol–water partition coefficient (Wildman–Crippen LogP) is 1.91. The van der Waals surface area contributed by atoms with Crippen molar-refractivity contribution in [3.63, 3.8) is 0 Å². The van der Waals surface area contributed by atoms with Crippen molar-refractivity contribution in [2.24, 2.45) is 0 Å². The molecule has 1 amide bonds. The molecule has 0 bridgehead atoms. The van der Waals surface area contributed by atoms with Gasteiger partial charge in [-0.05, 0) is 40.8 Å². The Morgan fingerprint density at radius 2 is 2.35 bits per heavy atom. The SMILES string of the molecule is O=C(CCn1cccn1)Nc1ccc(I)cn1. The molecule has 0 radical (unpaired) electrons. The molecule has 0 atom stereocenters. The number of nitrogens with one attached hydrogen (secondary N) is 1. The third-order valence-electron chi connectivity index (χ3n) is 2.12. The molecule has 2 aromatic heterocycles. The number of carbonyl (C=O) groups is 1. The highest BCUT2D eigenvalue weighted by Crippen LogP contribution is 2.07. The summed E-state index contributed by atoms with van der Waals surface area (Å²) in [4.78, 5) is 15.7. The molecule has 0 unspecified atom stereocenters. The van der Waals surface area contributed by atoms with Crippen LogP contribution in [0.3, 0.4) is 0 Å². The van der Waals surface area contributed by atoms with Gasteiger partial charge >= 0.3 is 0 Å². The first-order valence-electron chi connectivity index (χ1n) is 5.13. The smallest absolute Gasteiger partial charge is 0.227 e. The third-order valence-corrected chi connectivity index (χ3v) is 2.76. The van der Waals surface area contributed by atoms with Crippen LogP contribution in [0, 0.1) is 3.57 Å². The second-order valence-corrected chi connectivity index (χ2v) is 4.67. The number of amides is 1. The van der Waals surface area contributed by atoms with Gasteiger partial charge in [0.1, 0.15) is 5.82 Å². The number of hydrogen-bond donors (Lipinski definition) is 1. The number of carbonyl (C=O) groups excluding carboxylic acids is 1. The van der Waals surface area contributed by atoms with E-state index in [0.717, 1.165) is 3.57 Å². The van der Waals surface area contributed by atoms with Gasteiger partial charge in [0.2, 0.25) is 5.91 Å². The van der Waals surface area contributed by atoms with Crippen LogP contribution in [0.1, 0.15) is 6.42 Å². The Balaban J connectivity index is 1.83. The minimum atomic E-state index is -0.0609. The minimum absolute atomic E-state index is 0.0609. The highest BCUT2D eigenvalue weighted by atomic mass is 127. The van der Waals surface area contributed by atoms with E-state index in [-0.39, 0.29) is 5.91 Å². The first-order valence-corrected chi connectivity index (χ1v) is 6.21. The van der Waals surface area contributed by atoms with Crippen LogP contribution < -0.4 is 5.32 Å². The second-order valence-electron chi connectivity index (χ2n) is 3.43. The van der Waals surface area contributed by atoms with Crippen LogP contribution in [0.2, 0.25) is 0 Å². The molecule has 0 aliphatic rings. The van der Waals surface area contributed by atoms with E-state index in [1.807, 2.05) is 18.3 Å². The largest absolute Gasteiger partial charge is 0.311 e. The van der Waals surface area contributed by atoms with Crippen molar-refractivity contribution in [2.45, 2.75) is 13.0 Å². The normalized spacial score (nSPS) is 10.2. The van der Waals surface area contributed by atoms with E-state index in [0.29, 0.717) is 18.8 Å². The predicted molar refractivity (Wildman–Crippen MR) is 72.4 cm³/mol. The summed E-state index contributed by atoms with van der Waals surface area (Å²) in [6, 6.07) is 5.52. The van der Waals surface area contributed by atoms with Gasteiger partial charge in [0.15, 0.2) is 0 Å². The van der Waals surface area contributed by atoms with Crippen molar-refractivity contribution in [1.82, 2.24) is 14.8 Å². The molecule has 2 aromatic rings. The van der Waals surface area contributed by atoms with Gasteiger partial charge < -0.3 is 5.32 Å². The fourth-order valence-electron chi connectivity index (χ4n) is 1.30. The minimum Gasteiger partial charge on any atom is -0.311 e. The van der Waals surface area contributed by atoms with E-state index >= 15 is 0 Å². The van der Waals surface area contributed by atoms with Crippen LogP contribution in [-0.4, -0.2) is 20.7 Å². The Kier molecular flexibility index (Phi) is 4.08. The number of anilines is 1. The molecule has 0 aliphatic carbocycles. The zero-order valence-corrected chi connectivity index (χ0v) is 11.2. The van der Waals surface area contributed by atoms with Gasteiger partial charge in [-0.1, -0.05) is 0 Å². The average molecular weight is 342 g/mol. The van der Waals surface area contributed by atoms with E-state index in [2.05, 4.69) is 38.0 Å². The molecule has 0 aliphatic heterocycles. The first kappa shape index (κ1) is 12.0. The van der Waals surface area contributed by atoms with E-state index in [9.17, 15) is 4.79 Å². The maximum absolute atomic E-state index is 11.6. The van der Waals surface area contributed by atoms with E-state index in [4.69, 9.17) is 0 Å². The van der Waals surface area contributed by atoms with Gasteiger partial charge in [0, 0.05) is 35.1 Å². The fraction of sp³-hybridized carbons (Fsp3) is 0.182. The van der Waals surface area contributed by atoms with Gasteiger partial charge in [-0.15, -0.1) is 0 Å². The zero-order valence-electron chi connectivity index (χ0n) is 9.01. The Morgan fingerprint density at radius 1 is 1.47 bits per heavy atom.